The van der Waals surface area contributed by atoms with E-state index in [9.17, 15) is 14.5 Å². The number of nitrogens with zero attached hydrogens (tertiary/aromatic N) is 1. The lowest BCUT2D eigenvalue weighted by atomic mass is 10.2. The summed E-state index contributed by atoms with van der Waals surface area (Å²) in [5.41, 5.74) is 0.881. The summed E-state index contributed by atoms with van der Waals surface area (Å²) in [7, 11) is 1.37. The Kier molecular flexibility index (Phi) is 4.59. The van der Waals surface area contributed by atoms with Gasteiger partial charge in [0.25, 0.3) is 0 Å². The van der Waals surface area contributed by atoms with Crippen molar-refractivity contribution in [2.24, 2.45) is 0 Å². The lowest BCUT2D eigenvalue weighted by molar-refractivity contribution is -0.384. The van der Waals surface area contributed by atoms with Crippen LogP contribution in [0.4, 0.5) is 15.8 Å². The summed E-state index contributed by atoms with van der Waals surface area (Å²) in [6.07, 6.45) is 0. The summed E-state index contributed by atoms with van der Waals surface area (Å²) in [6, 6.07) is 9.01. The van der Waals surface area contributed by atoms with Crippen LogP contribution in [0.1, 0.15) is 5.56 Å². The van der Waals surface area contributed by atoms with Crippen LogP contribution in [0.5, 0.6) is 5.75 Å². The lowest BCUT2D eigenvalue weighted by Crippen LogP contribution is -2.04. The van der Waals surface area contributed by atoms with Crippen molar-refractivity contribution in [1.29, 1.82) is 0 Å². The first-order valence-electron chi connectivity index (χ1n) is 6.02. The maximum Gasteiger partial charge on any atom is 0.333 e. The first kappa shape index (κ1) is 15.1. The number of hydrogen-bond donors (Lipinski definition) is 1. The van der Waals surface area contributed by atoms with E-state index in [-0.39, 0.29) is 23.0 Å². The molecule has 0 aliphatic carbocycles. The van der Waals surface area contributed by atoms with Crippen molar-refractivity contribution in [2.75, 3.05) is 12.4 Å². The van der Waals surface area contributed by atoms with Crippen molar-refractivity contribution in [3.8, 4) is 5.75 Å². The fraction of sp³-hybridized carbons (Fsp3) is 0.143. The summed E-state index contributed by atoms with van der Waals surface area (Å²) in [5.74, 6) is -0.338. The van der Waals surface area contributed by atoms with Crippen molar-refractivity contribution in [3.05, 3.63) is 62.9 Å². The third-order valence-corrected chi connectivity index (χ3v) is 3.16. The van der Waals surface area contributed by atoms with Crippen LogP contribution in [0.3, 0.4) is 0 Å². The van der Waals surface area contributed by atoms with Gasteiger partial charge in [-0.2, -0.15) is 0 Å². The molecule has 0 radical (unpaired) electrons. The Bertz CT molecular complexity index is 679. The Hall–Kier alpha value is -2.34. The van der Waals surface area contributed by atoms with Crippen molar-refractivity contribution in [1.82, 2.24) is 0 Å². The molecular weight excluding hydrogens is 299 g/mol. The second kappa shape index (κ2) is 6.41. The van der Waals surface area contributed by atoms with Crippen molar-refractivity contribution in [2.45, 2.75) is 6.54 Å². The minimum atomic E-state index is -0.515. The predicted octanol–water partition coefficient (Wildman–Crippen LogP) is 4.01. The van der Waals surface area contributed by atoms with Crippen LogP contribution in [-0.2, 0) is 6.54 Å². The first-order valence-corrected chi connectivity index (χ1v) is 6.40. The lowest BCUT2D eigenvalue weighted by Gasteiger charge is -2.10. The number of methoxy groups -OCH3 is 1. The molecule has 2 aromatic carbocycles. The van der Waals surface area contributed by atoms with Gasteiger partial charge in [0.05, 0.1) is 17.1 Å². The summed E-state index contributed by atoms with van der Waals surface area (Å²) in [4.78, 5) is 10.6. The Labute approximate surface area is 125 Å². The molecule has 0 fully saturated rings. The zero-order valence-electron chi connectivity index (χ0n) is 11.1. The highest BCUT2D eigenvalue weighted by Crippen LogP contribution is 2.34. The molecule has 7 heteroatoms. The van der Waals surface area contributed by atoms with Gasteiger partial charge < -0.3 is 10.1 Å². The third-order valence-electron chi connectivity index (χ3n) is 2.87. The number of rotatable bonds is 5. The van der Waals surface area contributed by atoms with Gasteiger partial charge in [-0.1, -0.05) is 23.7 Å². The van der Waals surface area contributed by atoms with Crippen LogP contribution < -0.4 is 10.1 Å². The van der Waals surface area contributed by atoms with Crippen molar-refractivity contribution < 1.29 is 14.1 Å². The van der Waals surface area contributed by atoms with Crippen molar-refractivity contribution in [3.63, 3.8) is 0 Å². The molecule has 0 heterocycles. The zero-order chi connectivity index (χ0) is 15.4. The number of hydrogen-bond acceptors (Lipinski definition) is 4. The first-order chi connectivity index (χ1) is 10.0. The molecular formula is C14H12ClFN2O3. The summed E-state index contributed by atoms with van der Waals surface area (Å²) < 4.78 is 18.1. The molecule has 1 N–H and O–H groups in total. The fourth-order valence-corrected chi connectivity index (χ4v) is 2.07. The monoisotopic (exact) mass is 310 g/mol. The molecule has 21 heavy (non-hydrogen) atoms. The number of halogens is 2. The van der Waals surface area contributed by atoms with E-state index in [2.05, 4.69) is 5.32 Å². The second-order valence-corrected chi connectivity index (χ2v) is 4.62. The average Bonchev–Trinajstić information content (AvgIpc) is 2.47. The molecule has 0 aromatic heterocycles. The van der Waals surface area contributed by atoms with Crippen molar-refractivity contribution >= 4 is 23.0 Å². The van der Waals surface area contributed by atoms with E-state index in [1.807, 2.05) is 0 Å². The summed E-state index contributed by atoms with van der Waals surface area (Å²) >= 11 is 5.69. The van der Waals surface area contributed by atoms with Crippen LogP contribution in [-0.4, -0.2) is 12.0 Å². The van der Waals surface area contributed by atoms with E-state index < -0.39 is 10.7 Å². The van der Waals surface area contributed by atoms with E-state index in [1.165, 1.54) is 25.3 Å². The minimum absolute atomic E-state index is 0.00874. The number of para-hydroxylation sites is 1. The second-order valence-electron chi connectivity index (χ2n) is 4.22. The fourth-order valence-electron chi connectivity index (χ4n) is 1.86. The number of nitrogens with one attached hydrogen (secondary N) is 1. The number of nitro benzene ring substituents is 1. The average molecular weight is 311 g/mol. The molecule has 5 nitrogen and oxygen atoms in total. The highest BCUT2D eigenvalue weighted by atomic mass is 35.5. The standard InChI is InChI=1S/C14H12ClFN2O3/c1-21-13-4-2-3-12(14(13)18(19)20)17-8-9-5-6-11(16)10(15)7-9/h2-7,17H,8H2,1H3. The Morgan fingerprint density at radius 2 is 2.14 bits per heavy atom. The molecule has 0 spiro atoms. The van der Waals surface area contributed by atoms with Crippen LogP contribution in [0.15, 0.2) is 36.4 Å². The van der Waals surface area contributed by atoms with Gasteiger partial charge >= 0.3 is 5.69 Å². The predicted molar refractivity (Wildman–Crippen MR) is 78.4 cm³/mol. The highest BCUT2D eigenvalue weighted by Gasteiger charge is 2.20. The largest absolute Gasteiger partial charge is 0.490 e. The van der Waals surface area contributed by atoms with Crippen LogP contribution >= 0.6 is 11.6 Å². The van der Waals surface area contributed by atoms with E-state index >= 15 is 0 Å². The maximum absolute atomic E-state index is 13.1. The molecule has 2 aromatic rings. The van der Waals surface area contributed by atoms with Crippen LogP contribution in [0, 0.1) is 15.9 Å². The maximum atomic E-state index is 13.1. The van der Waals surface area contributed by atoms with Gasteiger partial charge in [-0.25, -0.2) is 4.39 Å². The SMILES string of the molecule is COc1cccc(NCc2ccc(F)c(Cl)c2)c1[N+](=O)[O-]. The number of benzene rings is 2. The molecule has 0 saturated heterocycles. The molecule has 0 aliphatic heterocycles. The number of anilines is 1. The highest BCUT2D eigenvalue weighted by molar-refractivity contribution is 6.30. The number of nitro groups is 1. The Morgan fingerprint density at radius 3 is 2.76 bits per heavy atom. The number of ether oxygens (including phenoxy) is 1. The van der Waals surface area contributed by atoms with Crippen LogP contribution in [0.25, 0.3) is 0 Å². The minimum Gasteiger partial charge on any atom is -0.490 e. The zero-order valence-corrected chi connectivity index (χ0v) is 11.9. The van der Waals surface area contributed by atoms with Gasteiger partial charge in [-0.05, 0) is 29.8 Å². The molecule has 2 rings (SSSR count). The van der Waals surface area contributed by atoms with Gasteiger partial charge in [0.1, 0.15) is 11.5 Å². The van der Waals surface area contributed by atoms with Gasteiger partial charge in [-0.3, -0.25) is 10.1 Å². The van der Waals surface area contributed by atoms with E-state index in [4.69, 9.17) is 16.3 Å². The van der Waals surface area contributed by atoms with Gasteiger partial charge in [0, 0.05) is 6.54 Å². The topological polar surface area (TPSA) is 64.4 Å². The normalized spacial score (nSPS) is 10.2. The molecule has 0 unspecified atom stereocenters. The smallest absolute Gasteiger partial charge is 0.333 e. The Morgan fingerprint density at radius 1 is 1.38 bits per heavy atom. The Balaban J connectivity index is 2.23. The molecule has 0 amide bonds. The van der Waals surface area contributed by atoms with Gasteiger partial charge in [0.2, 0.25) is 0 Å². The molecule has 0 bridgehead atoms. The third kappa shape index (κ3) is 3.41. The van der Waals surface area contributed by atoms with E-state index in [0.717, 1.165) is 0 Å². The summed E-state index contributed by atoms with van der Waals surface area (Å²) in [6.45, 7) is 0.272. The molecule has 110 valence electrons. The molecule has 0 saturated carbocycles. The molecule has 0 atom stereocenters. The van der Waals surface area contributed by atoms with Gasteiger partial charge in [0.15, 0.2) is 5.75 Å². The summed E-state index contributed by atoms with van der Waals surface area (Å²) in [5, 5.41) is 14.1. The van der Waals surface area contributed by atoms with E-state index in [0.29, 0.717) is 11.3 Å². The van der Waals surface area contributed by atoms with Crippen LogP contribution in [0.2, 0.25) is 5.02 Å². The molecule has 0 aliphatic rings. The van der Waals surface area contributed by atoms with Gasteiger partial charge in [-0.15, -0.1) is 0 Å². The quantitative estimate of drug-likeness (QED) is 0.669. The van der Waals surface area contributed by atoms with E-state index in [1.54, 1.807) is 18.2 Å².